The first-order valence-electron chi connectivity index (χ1n) is 5.69. The van der Waals surface area contributed by atoms with Gasteiger partial charge in [-0.25, -0.2) is 4.98 Å². The van der Waals surface area contributed by atoms with Crippen LogP contribution in [0.3, 0.4) is 0 Å². The molecule has 0 aromatic carbocycles. The predicted octanol–water partition coefficient (Wildman–Crippen LogP) is 2.50. The van der Waals surface area contributed by atoms with Gasteiger partial charge in [0, 0.05) is 31.4 Å². The summed E-state index contributed by atoms with van der Waals surface area (Å²) in [5.74, 6) is 0.988. The number of aromatic nitrogens is 1. The maximum absolute atomic E-state index is 5.92. The Labute approximate surface area is 98.0 Å². The highest BCUT2D eigenvalue weighted by atomic mass is 15.2. The van der Waals surface area contributed by atoms with E-state index in [0.29, 0.717) is 0 Å². The second-order valence-electron chi connectivity index (χ2n) is 4.06. The van der Waals surface area contributed by atoms with Crippen molar-refractivity contribution in [3.8, 4) is 0 Å². The average Bonchev–Trinajstić information content (AvgIpc) is 2.29. The van der Waals surface area contributed by atoms with E-state index in [9.17, 15) is 0 Å². The number of allylic oxidation sites excluding steroid dienone is 1. The van der Waals surface area contributed by atoms with Gasteiger partial charge in [-0.1, -0.05) is 12.1 Å². The summed E-state index contributed by atoms with van der Waals surface area (Å²) >= 11 is 0. The number of pyridine rings is 1. The molecule has 0 fully saturated rings. The molecule has 0 radical (unpaired) electrons. The summed E-state index contributed by atoms with van der Waals surface area (Å²) in [5, 5.41) is 0. The molecule has 16 heavy (non-hydrogen) atoms. The second-order valence-corrected chi connectivity index (χ2v) is 4.06. The number of rotatable bonds is 6. The van der Waals surface area contributed by atoms with Crippen LogP contribution in [0.25, 0.3) is 0 Å². The van der Waals surface area contributed by atoms with E-state index in [2.05, 4.69) is 23.5 Å². The summed E-state index contributed by atoms with van der Waals surface area (Å²) in [6.45, 7) is 6.68. The number of anilines is 1. The van der Waals surface area contributed by atoms with Crippen molar-refractivity contribution in [2.24, 2.45) is 5.73 Å². The molecule has 0 saturated heterocycles. The minimum Gasteiger partial charge on any atom is -0.359 e. The van der Waals surface area contributed by atoms with Gasteiger partial charge in [-0.05, 0) is 25.8 Å². The summed E-state index contributed by atoms with van der Waals surface area (Å²) in [5.41, 5.74) is 7.02. The van der Waals surface area contributed by atoms with Crippen LogP contribution in [0.1, 0.15) is 31.4 Å². The highest BCUT2D eigenvalue weighted by Gasteiger charge is 2.10. The Hall–Kier alpha value is -1.35. The summed E-state index contributed by atoms with van der Waals surface area (Å²) in [6.07, 6.45) is 5.88. The van der Waals surface area contributed by atoms with Crippen molar-refractivity contribution < 1.29 is 0 Å². The Balaban J connectivity index is 2.73. The Morgan fingerprint density at radius 2 is 2.38 bits per heavy atom. The molecule has 0 amide bonds. The maximum atomic E-state index is 5.92. The van der Waals surface area contributed by atoms with Gasteiger partial charge in [-0.2, -0.15) is 0 Å². The molecule has 0 aliphatic carbocycles. The van der Waals surface area contributed by atoms with Crippen LogP contribution >= 0.6 is 0 Å². The van der Waals surface area contributed by atoms with Gasteiger partial charge in [-0.3, -0.25) is 0 Å². The first-order valence-corrected chi connectivity index (χ1v) is 5.69. The van der Waals surface area contributed by atoms with E-state index in [1.54, 1.807) is 0 Å². The molecule has 0 bridgehead atoms. The van der Waals surface area contributed by atoms with Crippen molar-refractivity contribution in [3.63, 3.8) is 0 Å². The average molecular weight is 219 g/mol. The van der Waals surface area contributed by atoms with Crippen molar-refractivity contribution in [1.29, 1.82) is 0 Å². The first kappa shape index (κ1) is 12.7. The lowest BCUT2D eigenvalue weighted by Gasteiger charge is -2.22. The fraction of sp³-hybridized carbons (Fsp3) is 0.462. The fourth-order valence-corrected chi connectivity index (χ4v) is 1.66. The lowest BCUT2D eigenvalue weighted by molar-refractivity contribution is 0.760. The van der Waals surface area contributed by atoms with Gasteiger partial charge in [0.1, 0.15) is 5.82 Å². The molecule has 1 unspecified atom stereocenters. The van der Waals surface area contributed by atoms with Crippen LogP contribution in [0.15, 0.2) is 31.0 Å². The number of unbranched alkanes of at least 4 members (excludes halogenated alkanes) is 1. The molecule has 2 N–H and O–H groups in total. The monoisotopic (exact) mass is 219 g/mol. The SMILES string of the molecule is C=CCCCN(C)c1ncccc1C(C)N. The number of nitrogens with two attached hydrogens (primary N) is 1. The van der Waals surface area contributed by atoms with E-state index in [1.807, 2.05) is 31.3 Å². The smallest absolute Gasteiger partial charge is 0.133 e. The molecule has 3 heteroatoms. The first-order chi connectivity index (χ1) is 7.66. The quantitative estimate of drug-likeness (QED) is 0.590. The van der Waals surface area contributed by atoms with Gasteiger partial charge in [0.05, 0.1) is 0 Å². The second kappa shape index (κ2) is 6.28. The zero-order chi connectivity index (χ0) is 12.0. The molecule has 1 aromatic rings. The lowest BCUT2D eigenvalue weighted by Crippen LogP contribution is -2.22. The zero-order valence-corrected chi connectivity index (χ0v) is 10.2. The van der Waals surface area contributed by atoms with Gasteiger partial charge in [0.25, 0.3) is 0 Å². The fourth-order valence-electron chi connectivity index (χ4n) is 1.66. The van der Waals surface area contributed by atoms with Gasteiger partial charge >= 0.3 is 0 Å². The van der Waals surface area contributed by atoms with Gasteiger partial charge in [0.15, 0.2) is 0 Å². The molecule has 0 spiro atoms. The molecule has 1 rings (SSSR count). The highest BCUT2D eigenvalue weighted by Crippen LogP contribution is 2.21. The Kier molecular flexibility index (Phi) is 4.99. The topological polar surface area (TPSA) is 42.2 Å². The van der Waals surface area contributed by atoms with E-state index in [1.165, 1.54) is 0 Å². The maximum Gasteiger partial charge on any atom is 0.133 e. The third-order valence-electron chi connectivity index (χ3n) is 2.57. The van der Waals surface area contributed by atoms with E-state index in [4.69, 9.17) is 5.73 Å². The third kappa shape index (κ3) is 3.35. The molecule has 1 atom stereocenters. The summed E-state index contributed by atoms with van der Waals surface area (Å²) < 4.78 is 0. The molecule has 3 nitrogen and oxygen atoms in total. The van der Waals surface area contributed by atoms with Crippen molar-refractivity contribution in [2.45, 2.75) is 25.8 Å². The summed E-state index contributed by atoms with van der Waals surface area (Å²) in [6, 6.07) is 3.99. The molecule has 0 aliphatic heterocycles. The van der Waals surface area contributed by atoms with Crippen LogP contribution < -0.4 is 10.6 Å². The van der Waals surface area contributed by atoms with Crippen molar-refractivity contribution in [3.05, 3.63) is 36.5 Å². The Morgan fingerprint density at radius 1 is 1.62 bits per heavy atom. The van der Waals surface area contributed by atoms with Crippen molar-refractivity contribution >= 4 is 5.82 Å². The van der Waals surface area contributed by atoms with E-state index in [0.717, 1.165) is 30.8 Å². The van der Waals surface area contributed by atoms with Crippen LogP contribution in [0.5, 0.6) is 0 Å². The molecular formula is C13H21N3. The number of hydrogen-bond acceptors (Lipinski definition) is 3. The molecule has 0 saturated carbocycles. The number of nitrogens with zero attached hydrogens (tertiary/aromatic N) is 2. The summed E-state index contributed by atoms with van der Waals surface area (Å²) in [7, 11) is 2.05. The van der Waals surface area contributed by atoms with Crippen LogP contribution in [-0.4, -0.2) is 18.6 Å². The van der Waals surface area contributed by atoms with Crippen molar-refractivity contribution in [2.75, 3.05) is 18.5 Å². The largest absolute Gasteiger partial charge is 0.359 e. The van der Waals surface area contributed by atoms with Gasteiger partial charge < -0.3 is 10.6 Å². The van der Waals surface area contributed by atoms with Crippen LogP contribution in [0.2, 0.25) is 0 Å². The summed E-state index contributed by atoms with van der Waals surface area (Å²) in [4.78, 5) is 6.55. The highest BCUT2D eigenvalue weighted by molar-refractivity contribution is 5.47. The third-order valence-corrected chi connectivity index (χ3v) is 2.57. The molecule has 1 heterocycles. The predicted molar refractivity (Wildman–Crippen MR) is 69.5 cm³/mol. The molecular weight excluding hydrogens is 198 g/mol. The normalized spacial score (nSPS) is 12.2. The molecule has 88 valence electrons. The van der Waals surface area contributed by atoms with Crippen LogP contribution in [-0.2, 0) is 0 Å². The van der Waals surface area contributed by atoms with Gasteiger partial charge in [-0.15, -0.1) is 6.58 Å². The number of hydrogen-bond donors (Lipinski definition) is 1. The van der Waals surface area contributed by atoms with Crippen molar-refractivity contribution in [1.82, 2.24) is 4.98 Å². The van der Waals surface area contributed by atoms with E-state index in [-0.39, 0.29) is 6.04 Å². The molecule has 1 aromatic heterocycles. The lowest BCUT2D eigenvalue weighted by atomic mass is 10.1. The minimum atomic E-state index is 0.0190. The minimum absolute atomic E-state index is 0.0190. The Bertz CT molecular complexity index is 334. The van der Waals surface area contributed by atoms with E-state index < -0.39 is 0 Å². The molecule has 0 aliphatic rings. The van der Waals surface area contributed by atoms with Gasteiger partial charge in [0.2, 0.25) is 0 Å². The van der Waals surface area contributed by atoms with Crippen LogP contribution in [0.4, 0.5) is 5.82 Å². The van der Waals surface area contributed by atoms with Crippen LogP contribution in [0, 0.1) is 0 Å². The zero-order valence-electron chi connectivity index (χ0n) is 10.2. The standard InChI is InChI=1S/C13H21N3/c1-4-5-6-10-16(3)13-12(11(2)14)8-7-9-15-13/h4,7-9,11H,1,5-6,10,14H2,2-3H3. The Morgan fingerprint density at radius 3 is 3.00 bits per heavy atom. The van der Waals surface area contributed by atoms with E-state index >= 15 is 0 Å².